The molecule has 8 nitrogen and oxygen atoms in total. The molecular formula is C15H24N2O6S. The lowest BCUT2D eigenvalue weighted by molar-refractivity contribution is -0.122. The quantitative estimate of drug-likeness (QED) is 0.688. The lowest BCUT2D eigenvalue weighted by Crippen LogP contribution is -2.43. The Morgan fingerprint density at radius 2 is 1.92 bits per heavy atom. The molecule has 0 unspecified atom stereocenters. The highest BCUT2D eigenvalue weighted by atomic mass is 32.2. The number of hydrogen-bond donors (Lipinski definition) is 1. The molecule has 0 saturated heterocycles. The van der Waals surface area contributed by atoms with Crippen molar-refractivity contribution in [3.63, 3.8) is 0 Å². The molecule has 1 aromatic carbocycles. The molecule has 0 aliphatic carbocycles. The molecule has 1 rings (SSSR count). The number of hydrogen-bond acceptors (Lipinski definition) is 6. The van der Waals surface area contributed by atoms with Gasteiger partial charge >= 0.3 is 0 Å². The predicted molar refractivity (Wildman–Crippen MR) is 88.8 cm³/mol. The molecule has 0 aromatic heterocycles. The van der Waals surface area contributed by atoms with E-state index < -0.39 is 15.9 Å². The average Bonchev–Trinajstić information content (AvgIpc) is 2.53. The second-order valence-electron chi connectivity index (χ2n) is 5.20. The van der Waals surface area contributed by atoms with Crippen molar-refractivity contribution < 1.29 is 27.4 Å². The van der Waals surface area contributed by atoms with Crippen LogP contribution in [0.2, 0.25) is 0 Å². The Kier molecular flexibility index (Phi) is 7.46. The van der Waals surface area contributed by atoms with Gasteiger partial charge in [0.15, 0.2) is 0 Å². The fourth-order valence-electron chi connectivity index (χ4n) is 2.05. The minimum atomic E-state index is -3.92. The molecule has 0 bridgehead atoms. The van der Waals surface area contributed by atoms with E-state index in [2.05, 4.69) is 5.32 Å². The van der Waals surface area contributed by atoms with Gasteiger partial charge in [0.1, 0.15) is 16.4 Å². The van der Waals surface area contributed by atoms with Crippen molar-refractivity contribution >= 4 is 15.9 Å². The fourth-order valence-corrected chi connectivity index (χ4v) is 3.35. The van der Waals surface area contributed by atoms with Crippen LogP contribution in [0.1, 0.15) is 6.92 Å². The van der Waals surface area contributed by atoms with Gasteiger partial charge < -0.3 is 19.5 Å². The molecule has 0 radical (unpaired) electrons. The fraction of sp³-hybridized carbons (Fsp3) is 0.533. The average molecular weight is 360 g/mol. The number of nitrogens with zero attached hydrogens (tertiary/aromatic N) is 1. The molecule has 0 saturated carbocycles. The summed E-state index contributed by atoms with van der Waals surface area (Å²) in [6.07, 6.45) is 0. The Morgan fingerprint density at radius 1 is 1.25 bits per heavy atom. The summed E-state index contributed by atoms with van der Waals surface area (Å²) in [5.41, 5.74) is 0. The maximum Gasteiger partial charge on any atom is 0.247 e. The summed E-state index contributed by atoms with van der Waals surface area (Å²) in [6, 6.07) is 4.23. The van der Waals surface area contributed by atoms with Crippen molar-refractivity contribution in [3.8, 4) is 11.5 Å². The number of sulfonamides is 1. The standard InChI is InChI=1S/C15H24N2O6S/c1-11(10-21-3)16-15(18)9-17(2)24(19,20)14-8-12(22-4)6-7-13(14)23-5/h6-8,11H,9-10H2,1-5H3,(H,16,18)/t11-/m1/s1. The highest BCUT2D eigenvalue weighted by Crippen LogP contribution is 2.29. The highest BCUT2D eigenvalue weighted by Gasteiger charge is 2.27. The molecule has 1 aromatic rings. The summed E-state index contributed by atoms with van der Waals surface area (Å²) >= 11 is 0. The van der Waals surface area contributed by atoms with Crippen LogP contribution < -0.4 is 14.8 Å². The first-order chi connectivity index (χ1) is 11.3. The van der Waals surface area contributed by atoms with Crippen molar-refractivity contribution in [2.45, 2.75) is 17.9 Å². The lowest BCUT2D eigenvalue weighted by Gasteiger charge is -2.20. The van der Waals surface area contributed by atoms with Crippen LogP contribution in [0.15, 0.2) is 23.1 Å². The number of benzene rings is 1. The monoisotopic (exact) mass is 360 g/mol. The SMILES string of the molecule is COC[C@@H](C)NC(=O)CN(C)S(=O)(=O)c1cc(OC)ccc1OC. The van der Waals surface area contributed by atoms with Crippen LogP contribution in [0.5, 0.6) is 11.5 Å². The first-order valence-electron chi connectivity index (χ1n) is 7.23. The largest absolute Gasteiger partial charge is 0.497 e. The summed E-state index contributed by atoms with van der Waals surface area (Å²) < 4.78 is 41.5. The summed E-state index contributed by atoms with van der Waals surface area (Å²) in [5.74, 6) is 0.129. The van der Waals surface area contributed by atoms with Crippen LogP contribution in [0, 0.1) is 0 Å². The minimum Gasteiger partial charge on any atom is -0.497 e. The molecule has 1 amide bonds. The maximum atomic E-state index is 12.7. The van der Waals surface area contributed by atoms with E-state index in [1.165, 1.54) is 40.5 Å². The molecule has 136 valence electrons. The Labute approximate surface area is 142 Å². The third-order valence-corrected chi connectivity index (χ3v) is 5.07. The number of ether oxygens (including phenoxy) is 3. The van der Waals surface area contributed by atoms with Crippen LogP contribution in [-0.4, -0.2) is 66.2 Å². The van der Waals surface area contributed by atoms with E-state index in [9.17, 15) is 13.2 Å². The second-order valence-corrected chi connectivity index (χ2v) is 7.22. The molecular weight excluding hydrogens is 336 g/mol. The van der Waals surface area contributed by atoms with Gasteiger partial charge in [0.05, 0.1) is 27.4 Å². The molecule has 1 atom stereocenters. The van der Waals surface area contributed by atoms with E-state index in [0.717, 1.165) is 4.31 Å². The van der Waals surface area contributed by atoms with Crippen molar-refractivity contribution in [3.05, 3.63) is 18.2 Å². The number of nitrogens with one attached hydrogen (secondary N) is 1. The Morgan fingerprint density at radius 3 is 2.46 bits per heavy atom. The zero-order chi connectivity index (χ0) is 18.3. The number of carbonyl (C=O) groups is 1. The summed E-state index contributed by atoms with van der Waals surface area (Å²) in [4.78, 5) is 11.9. The molecule has 0 aliphatic rings. The second kappa shape index (κ2) is 8.86. The molecule has 0 fully saturated rings. The number of likely N-dealkylation sites (N-methyl/N-ethyl adjacent to an activating group) is 1. The van der Waals surface area contributed by atoms with E-state index in [1.54, 1.807) is 13.0 Å². The van der Waals surface area contributed by atoms with Crippen molar-refractivity contribution in [1.29, 1.82) is 0 Å². The maximum absolute atomic E-state index is 12.7. The molecule has 0 spiro atoms. The van der Waals surface area contributed by atoms with E-state index in [1.807, 2.05) is 0 Å². The van der Waals surface area contributed by atoms with Crippen LogP contribution in [0.4, 0.5) is 0 Å². The van der Waals surface area contributed by atoms with E-state index in [0.29, 0.717) is 12.4 Å². The van der Waals surface area contributed by atoms with Gasteiger partial charge in [-0.15, -0.1) is 0 Å². The number of methoxy groups -OCH3 is 3. The summed E-state index contributed by atoms with van der Waals surface area (Å²) in [5, 5.41) is 2.66. The van der Waals surface area contributed by atoms with Crippen LogP contribution in [0.3, 0.4) is 0 Å². The third kappa shape index (κ3) is 5.08. The van der Waals surface area contributed by atoms with Crippen molar-refractivity contribution in [1.82, 2.24) is 9.62 Å². The van der Waals surface area contributed by atoms with E-state index in [4.69, 9.17) is 14.2 Å². The van der Waals surface area contributed by atoms with Gasteiger partial charge in [-0.3, -0.25) is 4.79 Å². The van der Waals surface area contributed by atoms with Gasteiger partial charge in [0.25, 0.3) is 0 Å². The Bertz CT molecular complexity index is 662. The third-order valence-electron chi connectivity index (χ3n) is 3.25. The van der Waals surface area contributed by atoms with Gasteiger partial charge in [0.2, 0.25) is 15.9 Å². The smallest absolute Gasteiger partial charge is 0.247 e. The number of rotatable bonds is 9. The van der Waals surface area contributed by atoms with Crippen molar-refractivity contribution in [2.75, 3.05) is 41.5 Å². The van der Waals surface area contributed by atoms with Crippen LogP contribution in [-0.2, 0) is 19.6 Å². The van der Waals surface area contributed by atoms with E-state index in [-0.39, 0.29) is 23.2 Å². The van der Waals surface area contributed by atoms with Gasteiger partial charge in [-0.25, -0.2) is 8.42 Å². The van der Waals surface area contributed by atoms with Gasteiger partial charge in [0, 0.05) is 26.3 Å². The van der Waals surface area contributed by atoms with Crippen molar-refractivity contribution in [2.24, 2.45) is 0 Å². The summed E-state index contributed by atoms with van der Waals surface area (Å²) in [6.45, 7) is 1.78. The Balaban J connectivity index is 2.97. The number of amides is 1. The zero-order valence-electron chi connectivity index (χ0n) is 14.5. The highest BCUT2D eigenvalue weighted by molar-refractivity contribution is 7.89. The van der Waals surface area contributed by atoms with Crippen LogP contribution in [0.25, 0.3) is 0 Å². The predicted octanol–water partition coefficient (Wildman–Crippen LogP) is 0.475. The molecule has 9 heteroatoms. The number of carbonyl (C=O) groups excluding carboxylic acids is 1. The first kappa shape index (κ1) is 20.2. The van der Waals surface area contributed by atoms with Gasteiger partial charge in [-0.2, -0.15) is 4.31 Å². The van der Waals surface area contributed by atoms with E-state index >= 15 is 0 Å². The first-order valence-corrected chi connectivity index (χ1v) is 8.67. The minimum absolute atomic E-state index is 0.0652. The molecule has 1 N–H and O–H groups in total. The zero-order valence-corrected chi connectivity index (χ0v) is 15.3. The topological polar surface area (TPSA) is 94.2 Å². The van der Waals surface area contributed by atoms with Gasteiger partial charge in [-0.05, 0) is 19.1 Å². The normalized spacial score (nSPS) is 12.8. The molecule has 0 heterocycles. The summed E-state index contributed by atoms with van der Waals surface area (Å²) in [7, 11) is 1.74. The molecule has 24 heavy (non-hydrogen) atoms. The lowest BCUT2D eigenvalue weighted by atomic mass is 10.3. The van der Waals surface area contributed by atoms with Gasteiger partial charge in [-0.1, -0.05) is 0 Å². The van der Waals surface area contributed by atoms with Crippen LogP contribution >= 0.6 is 0 Å². The molecule has 0 aliphatic heterocycles. The Hall–Kier alpha value is -1.84.